The molecule has 4 heteroatoms. The van der Waals surface area contributed by atoms with E-state index >= 15 is 0 Å². The van der Waals surface area contributed by atoms with Crippen molar-refractivity contribution in [3.63, 3.8) is 0 Å². The Labute approximate surface area is 389 Å². The van der Waals surface area contributed by atoms with Crippen molar-refractivity contribution in [2.24, 2.45) is 0 Å². The fourth-order valence-corrected chi connectivity index (χ4v) is 10.6. The van der Waals surface area contributed by atoms with Gasteiger partial charge in [0.05, 0.1) is 22.5 Å². The van der Waals surface area contributed by atoms with Gasteiger partial charge in [-0.15, -0.1) is 0 Å². The molecule has 0 bridgehead atoms. The summed E-state index contributed by atoms with van der Waals surface area (Å²) in [5.74, 6) is 1.89. The van der Waals surface area contributed by atoms with Crippen LogP contribution in [0.1, 0.15) is 29.0 Å². The van der Waals surface area contributed by atoms with E-state index in [1.54, 1.807) is 0 Å². The number of benzene rings is 10. The Morgan fingerprint density at radius 1 is 0.478 bits per heavy atom. The van der Waals surface area contributed by atoms with E-state index in [-0.39, 0.29) is 5.92 Å². The molecule has 13 rings (SSSR count). The van der Waals surface area contributed by atoms with Crippen LogP contribution in [0.15, 0.2) is 247 Å². The summed E-state index contributed by atoms with van der Waals surface area (Å²) in [6.45, 7) is 0. The van der Waals surface area contributed by atoms with Crippen LogP contribution in [0.4, 0.5) is 28.4 Å². The number of allylic oxidation sites excluding steroid dienone is 1. The molecule has 2 heterocycles. The SMILES string of the molecule is c1ccc(CCC2C3=C(Oc4ccccc4N3c3ccccc3)c3c(-c4ccc(N(c5ccc(-c6cccc7ccccc67)cc5)c5cccc6oc7ccccc7c56)cc4)cccc32)cc1. The van der Waals surface area contributed by atoms with Gasteiger partial charge in [-0.05, 0) is 124 Å². The number of furan rings is 1. The summed E-state index contributed by atoms with van der Waals surface area (Å²) >= 11 is 0. The van der Waals surface area contributed by atoms with Gasteiger partial charge in [0.2, 0.25) is 0 Å². The van der Waals surface area contributed by atoms with Gasteiger partial charge in [0.15, 0.2) is 11.5 Å². The Bertz CT molecular complexity index is 3660. The summed E-state index contributed by atoms with van der Waals surface area (Å²) in [5, 5.41) is 4.65. The minimum Gasteiger partial charge on any atom is -0.456 e. The first-order valence-electron chi connectivity index (χ1n) is 23.2. The zero-order valence-corrected chi connectivity index (χ0v) is 36.7. The molecule has 1 aliphatic heterocycles. The van der Waals surface area contributed by atoms with Gasteiger partial charge in [-0.25, -0.2) is 0 Å². The monoisotopic (exact) mass is 860 g/mol. The van der Waals surface area contributed by atoms with Crippen molar-refractivity contribution >= 4 is 66.9 Å². The molecule has 0 amide bonds. The number of hydrogen-bond acceptors (Lipinski definition) is 4. The Morgan fingerprint density at radius 3 is 1.90 bits per heavy atom. The minimum absolute atomic E-state index is 0.107. The molecule has 0 fully saturated rings. The largest absolute Gasteiger partial charge is 0.456 e. The second-order valence-corrected chi connectivity index (χ2v) is 17.5. The van der Waals surface area contributed by atoms with Gasteiger partial charge in [-0.2, -0.15) is 0 Å². The number of rotatable bonds is 9. The van der Waals surface area contributed by atoms with Gasteiger partial charge in [0, 0.05) is 33.9 Å². The zero-order chi connectivity index (χ0) is 44.3. The van der Waals surface area contributed by atoms with Crippen LogP contribution in [0.5, 0.6) is 5.75 Å². The summed E-state index contributed by atoms with van der Waals surface area (Å²) in [5.41, 5.74) is 16.7. The molecular weight excluding hydrogens is 817 g/mol. The number of hydrogen-bond donors (Lipinski definition) is 0. The molecule has 318 valence electrons. The second kappa shape index (κ2) is 16.1. The highest BCUT2D eigenvalue weighted by Crippen LogP contribution is 2.56. The van der Waals surface area contributed by atoms with Crippen molar-refractivity contribution < 1.29 is 9.15 Å². The molecule has 1 unspecified atom stereocenters. The lowest BCUT2D eigenvalue weighted by atomic mass is 9.89. The predicted octanol–water partition coefficient (Wildman–Crippen LogP) is 17.2. The molecule has 0 saturated heterocycles. The molecule has 0 radical (unpaired) electrons. The third kappa shape index (κ3) is 6.60. The maximum atomic E-state index is 7.11. The van der Waals surface area contributed by atoms with Crippen LogP contribution in [-0.2, 0) is 6.42 Å². The highest BCUT2D eigenvalue weighted by molar-refractivity contribution is 6.13. The third-order valence-corrected chi connectivity index (χ3v) is 13.7. The summed E-state index contributed by atoms with van der Waals surface area (Å²) < 4.78 is 13.6. The number of nitrogens with zero attached hydrogens (tertiary/aromatic N) is 2. The average Bonchev–Trinajstić information content (AvgIpc) is 3.94. The maximum Gasteiger partial charge on any atom is 0.156 e. The van der Waals surface area contributed by atoms with Gasteiger partial charge in [0.25, 0.3) is 0 Å². The van der Waals surface area contributed by atoms with Crippen molar-refractivity contribution in [1.29, 1.82) is 0 Å². The van der Waals surface area contributed by atoms with Gasteiger partial charge < -0.3 is 19.0 Å². The molecule has 1 aliphatic carbocycles. The second-order valence-electron chi connectivity index (χ2n) is 17.5. The number of anilines is 5. The highest BCUT2D eigenvalue weighted by Gasteiger charge is 2.42. The van der Waals surface area contributed by atoms with Crippen LogP contribution in [0, 0.1) is 0 Å². The molecule has 2 aliphatic rings. The van der Waals surface area contributed by atoms with E-state index in [2.05, 4.69) is 240 Å². The first-order valence-corrected chi connectivity index (χ1v) is 23.2. The van der Waals surface area contributed by atoms with Crippen molar-refractivity contribution in [3.05, 3.63) is 259 Å². The van der Waals surface area contributed by atoms with E-state index < -0.39 is 0 Å². The van der Waals surface area contributed by atoms with Crippen LogP contribution >= 0.6 is 0 Å². The van der Waals surface area contributed by atoms with E-state index in [4.69, 9.17) is 9.15 Å². The predicted molar refractivity (Wildman–Crippen MR) is 277 cm³/mol. The number of ether oxygens (including phenoxy) is 1. The number of fused-ring (bicyclic) bond motifs is 7. The lowest BCUT2D eigenvalue weighted by Gasteiger charge is -2.35. The van der Waals surface area contributed by atoms with E-state index in [0.29, 0.717) is 0 Å². The average molecular weight is 861 g/mol. The van der Waals surface area contributed by atoms with Crippen molar-refractivity contribution in [2.45, 2.75) is 18.8 Å². The zero-order valence-electron chi connectivity index (χ0n) is 36.7. The van der Waals surface area contributed by atoms with Crippen molar-refractivity contribution in [1.82, 2.24) is 0 Å². The van der Waals surface area contributed by atoms with Crippen molar-refractivity contribution in [3.8, 4) is 28.0 Å². The maximum absolute atomic E-state index is 7.11. The Morgan fingerprint density at radius 2 is 1.09 bits per heavy atom. The van der Waals surface area contributed by atoms with Gasteiger partial charge >= 0.3 is 0 Å². The smallest absolute Gasteiger partial charge is 0.156 e. The van der Waals surface area contributed by atoms with Crippen LogP contribution in [0.3, 0.4) is 0 Å². The van der Waals surface area contributed by atoms with E-state index in [1.807, 2.05) is 6.07 Å². The Kier molecular flexibility index (Phi) is 9.35. The third-order valence-electron chi connectivity index (χ3n) is 13.7. The van der Waals surface area contributed by atoms with E-state index in [9.17, 15) is 0 Å². The Hall–Kier alpha value is -8.60. The molecule has 0 saturated carbocycles. The van der Waals surface area contributed by atoms with E-state index in [1.165, 1.54) is 38.7 Å². The number of para-hydroxylation sites is 4. The van der Waals surface area contributed by atoms with Crippen LogP contribution in [0.2, 0.25) is 0 Å². The van der Waals surface area contributed by atoms with Crippen LogP contribution in [0.25, 0.3) is 60.7 Å². The van der Waals surface area contributed by atoms with Gasteiger partial charge in [-0.1, -0.05) is 170 Å². The molecule has 0 N–H and O–H groups in total. The van der Waals surface area contributed by atoms with Crippen molar-refractivity contribution in [2.75, 3.05) is 9.80 Å². The normalized spacial score (nSPS) is 14.0. The lowest BCUT2D eigenvalue weighted by Crippen LogP contribution is -2.25. The minimum atomic E-state index is 0.107. The molecule has 67 heavy (non-hydrogen) atoms. The summed E-state index contributed by atoms with van der Waals surface area (Å²) in [6, 6.07) is 84.8. The number of aryl methyl sites for hydroxylation is 1. The van der Waals surface area contributed by atoms with Gasteiger partial charge in [0.1, 0.15) is 11.2 Å². The lowest BCUT2D eigenvalue weighted by molar-refractivity contribution is 0.499. The molecular formula is C63H44N2O2. The molecule has 4 nitrogen and oxygen atoms in total. The first kappa shape index (κ1) is 38.8. The first-order chi connectivity index (χ1) is 33.2. The summed E-state index contributed by atoms with van der Waals surface area (Å²) in [4.78, 5) is 4.82. The molecule has 11 aromatic rings. The summed E-state index contributed by atoms with van der Waals surface area (Å²) in [6.07, 6.45) is 1.89. The quantitative estimate of drug-likeness (QED) is 0.145. The van der Waals surface area contributed by atoms with E-state index in [0.717, 1.165) is 91.4 Å². The van der Waals surface area contributed by atoms with Gasteiger partial charge in [-0.3, -0.25) is 0 Å². The molecule has 1 aromatic heterocycles. The summed E-state index contributed by atoms with van der Waals surface area (Å²) in [7, 11) is 0. The fraction of sp³-hybridized carbons (Fsp3) is 0.0476. The highest BCUT2D eigenvalue weighted by atomic mass is 16.5. The molecule has 1 atom stereocenters. The fourth-order valence-electron chi connectivity index (χ4n) is 10.6. The molecule has 0 spiro atoms. The van der Waals surface area contributed by atoms with Crippen LogP contribution in [-0.4, -0.2) is 0 Å². The molecule has 10 aromatic carbocycles. The Balaban J connectivity index is 0.947. The topological polar surface area (TPSA) is 28.9 Å². The van der Waals surface area contributed by atoms with Crippen LogP contribution < -0.4 is 14.5 Å². The standard InChI is InChI=1S/C63H44N2O2/c1-3-16-42(17-4-1)32-41-53-52-26-14-25-51(60(52)63-62(53)65(46-20-5-2-6-21-46)55-27-10-12-30-58(55)67-63)45-35-39-48(40-36-45)64(56-28-15-31-59-61(56)54-23-9-11-29-57(54)66-59)47-37-33-44(34-38-47)50-24-13-19-43-18-7-8-22-49(43)50/h1-31,33-40,53H,32,41H2.